The van der Waals surface area contributed by atoms with E-state index in [4.69, 9.17) is 0 Å². The zero-order valence-electron chi connectivity index (χ0n) is 7.60. The highest BCUT2D eigenvalue weighted by molar-refractivity contribution is 5.79. The second-order valence-corrected chi connectivity index (χ2v) is 3.79. The van der Waals surface area contributed by atoms with Gasteiger partial charge in [0.15, 0.2) is 0 Å². The van der Waals surface area contributed by atoms with Gasteiger partial charge in [0, 0.05) is 5.92 Å². The van der Waals surface area contributed by atoms with Crippen LogP contribution in [0.15, 0.2) is 0 Å². The van der Waals surface area contributed by atoms with E-state index in [1.165, 1.54) is 32.1 Å². The molecule has 0 aliphatic heterocycles. The number of unbranched alkanes of at least 4 members (excludes halogenated alkanes) is 1. The van der Waals surface area contributed by atoms with E-state index in [2.05, 4.69) is 6.92 Å². The Morgan fingerprint density at radius 3 is 2.55 bits per heavy atom. The summed E-state index contributed by atoms with van der Waals surface area (Å²) in [5.74, 6) is 1.71. The third kappa shape index (κ3) is 2.32. The van der Waals surface area contributed by atoms with Gasteiger partial charge in [0.25, 0.3) is 0 Å². The smallest absolute Gasteiger partial charge is 0.132 e. The number of carbonyl (C=O) groups is 1. The molecule has 11 heavy (non-hydrogen) atoms. The SMILES string of the molecule is CCCC[C@H]1C[C@@H](C(C)=O)C1. The zero-order chi connectivity index (χ0) is 8.27. The summed E-state index contributed by atoms with van der Waals surface area (Å²) in [5.41, 5.74) is 0. The van der Waals surface area contributed by atoms with Crippen molar-refractivity contribution in [3.63, 3.8) is 0 Å². The number of hydrogen-bond donors (Lipinski definition) is 0. The lowest BCUT2D eigenvalue weighted by atomic mass is 9.71. The normalized spacial score (nSPS) is 29.6. The Morgan fingerprint density at radius 2 is 2.09 bits per heavy atom. The maximum Gasteiger partial charge on any atom is 0.132 e. The summed E-state index contributed by atoms with van der Waals surface area (Å²) in [6.45, 7) is 3.95. The zero-order valence-corrected chi connectivity index (χ0v) is 7.60. The summed E-state index contributed by atoms with van der Waals surface area (Å²) in [5, 5.41) is 0. The molecule has 1 aliphatic carbocycles. The molecule has 1 heteroatoms. The molecule has 0 spiro atoms. The molecule has 0 aromatic rings. The van der Waals surface area contributed by atoms with Gasteiger partial charge < -0.3 is 0 Å². The fourth-order valence-corrected chi connectivity index (χ4v) is 1.80. The number of ketones is 1. The van der Waals surface area contributed by atoms with E-state index in [0.717, 1.165) is 5.92 Å². The number of Topliss-reactive ketones (excluding diaryl/α,β-unsaturated/α-hetero) is 1. The van der Waals surface area contributed by atoms with Crippen LogP contribution in [0.2, 0.25) is 0 Å². The Balaban J connectivity index is 2.05. The molecule has 0 bridgehead atoms. The quantitative estimate of drug-likeness (QED) is 0.608. The van der Waals surface area contributed by atoms with Gasteiger partial charge in [-0.3, -0.25) is 4.79 Å². The lowest BCUT2D eigenvalue weighted by molar-refractivity contribution is -0.124. The van der Waals surface area contributed by atoms with Crippen LogP contribution in [0.4, 0.5) is 0 Å². The molecule has 1 aliphatic rings. The fraction of sp³-hybridized carbons (Fsp3) is 0.900. The molecule has 0 radical (unpaired) electrons. The number of hydrogen-bond acceptors (Lipinski definition) is 1. The van der Waals surface area contributed by atoms with E-state index in [0.29, 0.717) is 11.7 Å². The van der Waals surface area contributed by atoms with Crippen molar-refractivity contribution in [1.29, 1.82) is 0 Å². The summed E-state index contributed by atoms with van der Waals surface area (Å²) >= 11 is 0. The second-order valence-electron chi connectivity index (χ2n) is 3.79. The van der Waals surface area contributed by atoms with Gasteiger partial charge in [-0.2, -0.15) is 0 Å². The Hall–Kier alpha value is -0.330. The van der Waals surface area contributed by atoms with Crippen LogP contribution in [0.5, 0.6) is 0 Å². The molecular weight excluding hydrogens is 136 g/mol. The van der Waals surface area contributed by atoms with E-state index in [-0.39, 0.29) is 0 Å². The first-order valence-electron chi connectivity index (χ1n) is 4.74. The third-order valence-electron chi connectivity index (χ3n) is 2.78. The van der Waals surface area contributed by atoms with Crippen LogP contribution >= 0.6 is 0 Å². The van der Waals surface area contributed by atoms with Crippen LogP contribution in [0.25, 0.3) is 0 Å². The average molecular weight is 154 g/mol. The van der Waals surface area contributed by atoms with Gasteiger partial charge in [-0.15, -0.1) is 0 Å². The van der Waals surface area contributed by atoms with Crippen molar-refractivity contribution in [2.24, 2.45) is 11.8 Å². The molecule has 0 atom stereocenters. The molecule has 0 N–H and O–H groups in total. The molecular formula is C10H18O. The maximum atomic E-state index is 10.8. The van der Waals surface area contributed by atoms with Crippen molar-refractivity contribution >= 4 is 5.78 Å². The lowest BCUT2D eigenvalue weighted by Crippen LogP contribution is -2.28. The molecule has 1 nitrogen and oxygen atoms in total. The van der Waals surface area contributed by atoms with Crippen molar-refractivity contribution in [2.75, 3.05) is 0 Å². The fourth-order valence-electron chi connectivity index (χ4n) is 1.80. The summed E-state index contributed by atoms with van der Waals surface area (Å²) in [4.78, 5) is 10.8. The molecule has 1 fully saturated rings. The summed E-state index contributed by atoms with van der Waals surface area (Å²) in [7, 11) is 0. The van der Waals surface area contributed by atoms with E-state index in [9.17, 15) is 4.79 Å². The van der Waals surface area contributed by atoms with Crippen LogP contribution in [0.1, 0.15) is 46.0 Å². The molecule has 0 aromatic carbocycles. The lowest BCUT2D eigenvalue weighted by Gasteiger charge is -2.33. The van der Waals surface area contributed by atoms with Gasteiger partial charge in [-0.05, 0) is 25.7 Å². The topological polar surface area (TPSA) is 17.1 Å². The van der Waals surface area contributed by atoms with Gasteiger partial charge in [-0.25, -0.2) is 0 Å². The summed E-state index contributed by atoms with van der Waals surface area (Å²) < 4.78 is 0. The molecule has 1 rings (SSSR count). The van der Waals surface area contributed by atoms with E-state index in [1.807, 2.05) is 0 Å². The highest BCUT2D eigenvalue weighted by atomic mass is 16.1. The Kier molecular flexibility index (Phi) is 3.10. The van der Waals surface area contributed by atoms with Gasteiger partial charge in [0.05, 0.1) is 0 Å². The second kappa shape index (κ2) is 3.89. The van der Waals surface area contributed by atoms with E-state index < -0.39 is 0 Å². The van der Waals surface area contributed by atoms with Crippen LogP contribution in [0.3, 0.4) is 0 Å². The third-order valence-corrected chi connectivity index (χ3v) is 2.78. The standard InChI is InChI=1S/C10H18O/c1-3-4-5-9-6-10(7-9)8(2)11/h9-10H,3-7H2,1-2H3/t9-,10+. The van der Waals surface area contributed by atoms with Gasteiger partial charge in [0.1, 0.15) is 5.78 Å². The summed E-state index contributed by atoms with van der Waals surface area (Å²) in [6, 6.07) is 0. The van der Waals surface area contributed by atoms with E-state index >= 15 is 0 Å². The molecule has 0 saturated heterocycles. The molecule has 0 aromatic heterocycles. The predicted octanol–water partition coefficient (Wildman–Crippen LogP) is 2.79. The first-order chi connectivity index (χ1) is 5.24. The highest BCUT2D eigenvalue weighted by Crippen LogP contribution is 2.37. The minimum Gasteiger partial charge on any atom is -0.300 e. The van der Waals surface area contributed by atoms with Crippen molar-refractivity contribution in [3.8, 4) is 0 Å². The summed E-state index contributed by atoms with van der Waals surface area (Å²) in [6.07, 6.45) is 6.33. The van der Waals surface area contributed by atoms with Crippen molar-refractivity contribution in [1.82, 2.24) is 0 Å². The van der Waals surface area contributed by atoms with Crippen LogP contribution < -0.4 is 0 Å². The first kappa shape index (κ1) is 8.76. The monoisotopic (exact) mass is 154 g/mol. The number of carbonyl (C=O) groups excluding carboxylic acids is 1. The molecule has 1 saturated carbocycles. The Bertz CT molecular complexity index is 134. The van der Waals surface area contributed by atoms with Gasteiger partial charge >= 0.3 is 0 Å². The van der Waals surface area contributed by atoms with Crippen LogP contribution in [0, 0.1) is 11.8 Å². The molecule has 0 unspecified atom stereocenters. The molecule has 0 amide bonds. The van der Waals surface area contributed by atoms with Crippen molar-refractivity contribution < 1.29 is 4.79 Å². The van der Waals surface area contributed by atoms with Crippen LogP contribution in [-0.2, 0) is 4.79 Å². The average Bonchev–Trinajstić information content (AvgIpc) is 1.84. The predicted molar refractivity (Wildman–Crippen MR) is 46.4 cm³/mol. The minimum atomic E-state index is 0.401. The largest absolute Gasteiger partial charge is 0.300 e. The molecule has 0 heterocycles. The first-order valence-corrected chi connectivity index (χ1v) is 4.74. The Labute approximate surface area is 69.2 Å². The van der Waals surface area contributed by atoms with E-state index in [1.54, 1.807) is 6.92 Å². The van der Waals surface area contributed by atoms with Crippen molar-refractivity contribution in [2.45, 2.75) is 46.0 Å². The van der Waals surface area contributed by atoms with Crippen LogP contribution in [-0.4, -0.2) is 5.78 Å². The van der Waals surface area contributed by atoms with Gasteiger partial charge in [0.2, 0.25) is 0 Å². The Morgan fingerprint density at radius 1 is 1.45 bits per heavy atom. The minimum absolute atomic E-state index is 0.401. The number of rotatable bonds is 4. The van der Waals surface area contributed by atoms with Gasteiger partial charge in [-0.1, -0.05) is 26.2 Å². The molecule has 64 valence electrons. The maximum absolute atomic E-state index is 10.8. The van der Waals surface area contributed by atoms with Crippen molar-refractivity contribution in [3.05, 3.63) is 0 Å². The highest BCUT2D eigenvalue weighted by Gasteiger charge is 2.31.